The van der Waals surface area contributed by atoms with E-state index in [9.17, 15) is 40.4 Å². The van der Waals surface area contributed by atoms with Crippen LogP contribution in [0.15, 0.2) is 71.6 Å². The molecular formula is C25H21F4N3O5S. The number of hydrogen-bond donors (Lipinski definition) is 2. The summed E-state index contributed by atoms with van der Waals surface area (Å²) in [5.74, 6) is -5.03. The zero-order valence-electron chi connectivity index (χ0n) is 19.8. The van der Waals surface area contributed by atoms with E-state index in [0.717, 1.165) is 18.4 Å². The molecule has 0 bridgehead atoms. The summed E-state index contributed by atoms with van der Waals surface area (Å²) in [6.45, 7) is -2.47. The minimum absolute atomic E-state index is 0.00836. The second-order valence-corrected chi connectivity index (χ2v) is 10.2. The Hall–Kier alpha value is -4.26. The monoisotopic (exact) mass is 551 g/mol. The van der Waals surface area contributed by atoms with Crippen molar-refractivity contribution in [3.63, 3.8) is 0 Å². The molecule has 200 valence electrons. The van der Waals surface area contributed by atoms with Gasteiger partial charge in [-0.15, -0.1) is 0 Å². The molecule has 0 spiro atoms. The highest BCUT2D eigenvalue weighted by atomic mass is 32.2. The third kappa shape index (κ3) is 7.16. The quantitative estimate of drug-likeness (QED) is 0.343. The molecule has 3 aromatic carbocycles. The molecule has 3 rings (SSSR count). The van der Waals surface area contributed by atoms with Gasteiger partial charge in [-0.3, -0.25) is 14.4 Å². The highest BCUT2D eigenvalue weighted by Gasteiger charge is 2.35. The fourth-order valence-electron chi connectivity index (χ4n) is 3.59. The van der Waals surface area contributed by atoms with Crippen molar-refractivity contribution in [1.29, 1.82) is 0 Å². The van der Waals surface area contributed by atoms with E-state index < -0.39 is 58.3 Å². The fourth-order valence-corrected chi connectivity index (χ4v) is 4.50. The molecule has 13 heteroatoms. The third-order valence-electron chi connectivity index (χ3n) is 5.25. The van der Waals surface area contributed by atoms with Crippen LogP contribution in [0, 0.1) is 5.82 Å². The van der Waals surface area contributed by atoms with Gasteiger partial charge in [-0.1, -0.05) is 36.4 Å². The van der Waals surface area contributed by atoms with Gasteiger partial charge in [-0.25, -0.2) is 12.8 Å². The lowest BCUT2D eigenvalue weighted by atomic mass is 10.0. The molecule has 0 radical (unpaired) electrons. The van der Waals surface area contributed by atoms with E-state index >= 15 is 0 Å². The Labute approximate surface area is 215 Å². The number of halogens is 4. The predicted molar refractivity (Wildman–Crippen MR) is 130 cm³/mol. The smallest absolute Gasteiger partial charge is 0.366 e. The molecule has 8 nitrogen and oxygen atoms in total. The van der Waals surface area contributed by atoms with Crippen molar-refractivity contribution in [3.8, 4) is 11.1 Å². The Morgan fingerprint density at radius 1 is 0.974 bits per heavy atom. The average Bonchev–Trinajstić information content (AvgIpc) is 2.83. The Bertz CT molecular complexity index is 1510. The van der Waals surface area contributed by atoms with Crippen molar-refractivity contribution in [2.75, 3.05) is 18.1 Å². The van der Waals surface area contributed by atoms with Crippen LogP contribution in [0.2, 0.25) is 0 Å². The lowest BCUT2D eigenvalue weighted by Crippen LogP contribution is -2.44. The largest absolute Gasteiger partial charge is 0.406 e. The number of amides is 3. The topological polar surface area (TPSA) is 127 Å². The Morgan fingerprint density at radius 2 is 1.66 bits per heavy atom. The van der Waals surface area contributed by atoms with Crippen molar-refractivity contribution in [3.05, 3.63) is 83.7 Å². The first-order chi connectivity index (χ1) is 17.7. The van der Waals surface area contributed by atoms with Crippen molar-refractivity contribution in [1.82, 2.24) is 4.90 Å². The number of rotatable bonds is 7. The number of primary amides is 1. The Kier molecular flexibility index (Phi) is 8.20. The number of nitrogens with one attached hydrogen (secondary N) is 1. The molecule has 0 atom stereocenters. The maximum absolute atomic E-state index is 14.8. The molecule has 0 unspecified atom stereocenters. The number of nitrogens with zero attached hydrogens (tertiary/aromatic N) is 1. The van der Waals surface area contributed by atoms with Crippen LogP contribution in [0.25, 0.3) is 11.1 Å². The van der Waals surface area contributed by atoms with Crippen molar-refractivity contribution >= 4 is 33.2 Å². The van der Waals surface area contributed by atoms with Gasteiger partial charge in [0.15, 0.2) is 9.84 Å². The first kappa shape index (κ1) is 28.3. The summed E-state index contributed by atoms with van der Waals surface area (Å²) in [4.78, 5) is 36.6. The van der Waals surface area contributed by atoms with Crippen molar-refractivity contribution in [2.24, 2.45) is 5.73 Å². The second-order valence-electron chi connectivity index (χ2n) is 8.26. The summed E-state index contributed by atoms with van der Waals surface area (Å²) in [5.41, 5.74) is 5.10. The molecule has 0 aliphatic rings. The fraction of sp³-hybridized carbons (Fsp3) is 0.160. The summed E-state index contributed by atoms with van der Waals surface area (Å²) in [7, 11) is -3.65. The molecule has 0 aliphatic carbocycles. The van der Waals surface area contributed by atoms with Gasteiger partial charge in [0.1, 0.15) is 12.4 Å². The van der Waals surface area contributed by atoms with E-state index in [0.29, 0.717) is 0 Å². The molecule has 0 aliphatic heterocycles. The molecule has 0 fully saturated rings. The van der Waals surface area contributed by atoms with Gasteiger partial charge in [-0.05, 0) is 41.5 Å². The minimum atomic E-state index is -4.86. The average molecular weight is 552 g/mol. The van der Waals surface area contributed by atoms with Crippen LogP contribution in [0.1, 0.15) is 15.9 Å². The molecule has 3 amide bonds. The third-order valence-corrected chi connectivity index (χ3v) is 6.41. The van der Waals surface area contributed by atoms with E-state index in [1.807, 2.05) is 5.32 Å². The maximum atomic E-state index is 14.8. The number of benzene rings is 3. The molecule has 0 saturated carbocycles. The lowest BCUT2D eigenvalue weighted by Gasteiger charge is -2.23. The van der Waals surface area contributed by atoms with E-state index in [1.54, 1.807) is 6.07 Å². The van der Waals surface area contributed by atoms with Gasteiger partial charge in [0.2, 0.25) is 5.91 Å². The van der Waals surface area contributed by atoms with Crippen molar-refractivity contribution in [2.45, 2.75) is 17.6 Å². The SMILES string of the molecule is CS(=O)(=O)c1ccccc1-c1ccc(NC(=O)C(=O)N(Cc2cccc(C(N)=O)c2)CC(F)(F)F)c(F)c1. The van der Waals surface area contributed by atoms with Crippen LogP contribution in [-0.2, 0) is 26.0 Å². The zero-order valence-corrected chi connectivity index (χ0v) is 20.6. The normalized spacial score (nSPS) is 11.6. The van der Waals surface area contributed by atoms with Crippen LogP contribution in [-0.4, -0.2) is 50.0 Å². The molecule has 3 aromatic rings. The van der Waals surface area contributed by atoms with E-state index in [4.69, 9.17) is 5.73 Å². The Balaban J connectivity index is 1.85. The number of carbonyl (C=O) groups excluding carboxylic acids is 3. The van der Waals surface area contributed by atoms with Gasteiger partial charge >= 0.3 is 18.0 Å². The van der Waals surface area contributed by atoms with Gasteiger partial charge in [0.05, 0.1) is 10.6 Å². The standard InChI is InChI=1S/C25H21F4N3O5S/c1-38(36,37)21-8-3-2-7-18(21)16-9-10-20(19(26)12-16)31-23(34)24(35)32(14-25(27,28)29)13-15-5-4-6-17(11-15)22(30)33/h2-12H,13-14H2,1H3,(H2,30,33)(H,31,34). The first-order valence-corrected chi connectivity index (χ1v) is 12.7. The highest BCUT2D eigenvalue weighted by molar-refractivity contribution is 7.90. The van der Waals surface area contributed by atoms with Crippen LogP contribution >= 0.6 is 0 Å². The predicted octanol–water partition coefficient (Wildman–Crippen LogP) is 3.52. The molecule has 38 heavy (non-hydrogen) atoms. The summed E-state index contributed by atoms with van der Waals surface area (Å²) in [5, 5.41) is 1.95. The van der Waals surface area contributed by atoms with Gasteiger partial charge in [0, 0.05) is 23.9 Å². The van der Waals surface area contributed by atoms with Crippen LogP contribution in [0.4, 0.5) is 23.2 Å². The summed E-state index contributed by atoms with van der Waals surface area (Å²) in [6, 6.07) is 14.3. The number of sulfone groups is 1. The molecule has 0 aromatic heterocycles. The molecule has 3 N–H and O–H groups in total. The molecule has 0 heterocycles. The van der Waals surface area contributed by atoms with Crippen LogP contribution < -0.4 is 11.1 Å². The van der Waals surface area contributed by atoms with E-state index in [2.05, 4.69) is 0 Å². The number of carbonyl (C=O) groups is 3. The maximum Gasteiger partial charge on any atom is 0.406 e. The number of alkyl halides is 3. The summed E-state index contributed by atoms with van der Waals surface area (Å²) >= 11 is 0. The second kappa shape index (κ2) is 11.0. The zero-order chi connectivity index (χ0) is 28.3. The highest BCUT2D eigenvalue weighted by Crippen LogP contribution is 2.30. The van der Waals surface area contributed by atoms with E-state index in [1.165, 1.54) is 48.5 Å². The van der Waals surface area contributed by atoms with Crippen LogP contribution in [0.3, 0.4) is 0 Å². The first-order valence-electron chi connectivity index (χ1n) is 10.8. The molecule has 0 saturated heterocycles. The number of anilines is 1. The number of nitrogens with two attached hydrogens (primary N) is 1. The summed E-state index contributed by atoms with van der Waals surface area (Å²) in [6.07, 6.45) is -3.88. The van der Waals surface area contributed by atoms with E-state index in [-0.39, 0.29) is 32.0 Å². The number of hydrogen-bond acceptors (Lipinski definition) is 5. The van der Waals surface area contributed by atoms with Gasteiger partial charge < -0.3 is 16.0 Å². The van der Waals surface area contributed by atoms with Crippen molar-refractivity contribution < 1.29 is 40.4 Å². The lowest BCUT2D eigenvalue weighted by molar-refractivity contribution is -0.164. The van der Waals surface area contributed by atoms with Gasteiger partial charge in [0.25, 0.3) is 0 Å². The minimum Gasteiger partial charge on any atom is -0.366 e. The van der Waals surface area contributed by atoms with Gasteiger partial charge in [-0.2, -0.15) is 13.2 Å². The summed E-state index contributed by atoms with van der Waals surface area (Å²) < 4.78 is 78.4. The Morgan fingerprint density at radius 3 is 2.26 bits per heavy atom. The van der Waals surface area contributed by atoms with Crippen LogP contribution in [0.5, 0.6) is 0 Å². The molecular weight excluding hydrogens is 530 g/mol.